The standard InChI is InChI=1S/C15H14Br2N2O/c1-10-3-5-13(6-4-10)19-18-9-11-7-12(16)8-14(17)15(11)20-2/h3-9,19H,1-2H3/b18-9+. The van der Waals surface area contributed by atoms with Crippen molar-refractivity contribution in [2.45, 2.75) is 6.92 Å². The second kappa shape index (κ2) is 6.90. The molecule has 0 radical (unpaired) electrons. The molecule has 2 rings (SSSR count). The van der Waals surface area contributed by atoms with Crippen molar-refractivity contribution in [2.75, 3.05) is 12.5 Å². The van der Waals surface area contributed by atoms with E-state index in [-0.39, 0.29) is 0 Å². The van der Waals surface area contributed by atoms with E-state index in [9.17, 15) is 0 Å². The number of halogens is 2. The highest BCUT2D eigenvalue weighted by Crippen LogP contribution is 2.31. The molecule has 2 aromatic rings. The molecule has 0 fully saturated rings. The molecule has 0 aliphatic carbocycles. The van der Waals surface area contributed by atoms with Crippen molar-refractivity contribution in [3.8, 4) is 5.75 Å². The molecule has 0 unspecified atom stereocenters. The highest BCUT2D eigenvalue weighted by molar-refractivity contribution is 9.11. The van der Waals surface area contributed by atoms with E-state index in [2.05, 4.69) is 49.3 Å². The summed E-state index contributed by atoms with van der Waals surface area (Å²) in [6.07, 6.45) is 1.73. The predicted molar refractivity (Wildman–Crippen MR) is 90.8 cm³/mol. The highest BCUT2D eigenvalue weighted by Gasteiger charge is 2.07. The van der Waals surface area contributed by atoms with Crippen LogP contribution in [0.1, 0.15) is 11.1 Å². The van der Waals surface area contributed by atoms with E-state index in [1.54, 1.807) is 13.3 Å². The highest BCUT2D eigenvalue weighted by atomic mass is 79.9. The lowest BCUT2D eigenvalue weighted by molar-refractivity contribution is 0.411. The Morgan fingerprint density at radius 1 is 1.15 bits per heavy atom. The summed E-state index contributed by atoms with van der Waals surface area (Å²) in [5.74, 6) is 0.752. The third-order valence-electron chi connectivity index (χ3n) is 2.69. The lowest BCUT2D eigenvalue weighted by Gasteiger charge is -2.08. The van der Waals surface area contributed by atoms with Gasteiger partial charge in [0.25, 0.3) is 0 Å². The number of nitrogens with zero attached hydrogens (tertiary/aromatic N) is 1. The Kier molecular flexibility index (Phi) is 5.20. The van der Waals surface area contributed by atoms with Gasteiger partial charge in [-0.2, -0.15) is 5.10 Å². The summed E-state index contributed by atoms with van der Waals surface area (Å²) in [5, 5.41) is 4.24. The fourth-order valence-corrected chi connectivity index (χ4v) is 3.12. The zero-order valence-electron chi connectivity index (χ0n) is 11.2. The zero-order valence-corrected chi connectivity index (χ0v) is 14.3. The van der Waals surface area contributed by atoms with E-state index in [1.807, 2.05) is 36.4 Å². The van der Waals surface area contributed by atoms with Gasteiger partial charge in [0.2, 0.25) is 0 Å². The van der Waals surface area contributed by atoms with Crippen LogP contribution >= 0.6 is 31.9 Å². The largest absolute Gasteiger partial charge is 0.495 e. The minimum atomic E-state index is 0.752. The fraction of sp³-hybridized carbons (Fsp3) is 0.133. The summed E-state index contributed by atoms with van der Waals surface area (Å²) in [5.41, 5.74) is 6.04. The molecule has 0 aliphatic rings. The molecule has 0 atom stereocenters. The first-order valence-electron chi connectivity index (χ1n) is 5.99. The maximum atomic E-state index is 5.36. The summed E-state index contributed by atoms with van der Waals surface area (Å²) in [4.78, 5) is 0. The van der Waals surface area contributed by atoms with Crippen molar-refractivity contribution in [1.29, 1.82) is 0 Å². The van der Waals surface area contributed by atoms with Crippen molar-refractivity contribution in [3.63, 3.8) is 0 Å². The van der Waals surface area contributed by atoms with Gasteiger partial charge in [-0.3, -0.25) is 5.43 Å². The molecule has 0 heterocycles. The first kappa shape index (κ1) is 15.1. The van der Waals surface area contributed by atoms with E-state index in [0.717, 1.165) is 25.9 Å². The van der Waals surface area contributed by atoms with Crippen molar-refractivity contribution >= 4 is 43.8 Å². The van der Waals surface area contributed by atoms with Gasteiger partial charge in [-0.25, -0.2) is 0 Å². The van der Waals surface area contributed by atoms with Gasteiger partial charge in [-0.15, -0.1) is 0 Å². The van der Waals surface area contributed by atoms with E-state index >= 15 is 0 Å². The second-order valence-corrected chi connectivity index (χ2v) is 6.02. The van der Waals surface area contributed by atoms with Crippen LogP contribution in [-0.2, 0) is 0 Å². The van der Waals surface area contributed by atoms with E-state index in [4.69, 9.17) is 4.74 Å². The van der Waals surface area contributed by atoms with Crippen LogP contribution in [0.25, 0.3) is 0 Å². The van der Waals surface area contributed by atoms with Crippen LogP contribution in [0.15, 0.2) is 50.4 Å². The van der Waals surface area contributed by atoms with E-state index in [1.165, 1.54) is 5.56 Å². The number of ether oxygens (including phenoxy) is 1. The van der Waals surface area contributed by atoms with Crippen molar-refractivity contribution in [3.05, 3.63) is 56.5 Å². The monoisotopic (exact) mass is 396 g/mol. The molecule has 5 heteroatoms. The fourth-order valence-electron chi connectivity index (χ4n) is 1.70. The van der Waals surface area contributed by atoms with E-state index < -0.39 is 0 Å². The predicted octanol–water partition coefficient (Wildman–Crippen LogP) is 4.97. The maximum absolute atomic E-state index is 5.36. The number of aryl methyl sites for hydroxylation is 1. The summed E-state index contributed by atoms with van der Waals surface area (Å²) >= 11 is 6.92. The van der Waals surface area contributed by atoms with Crippen LogP contribution in [0.5, 0.6) is 5.75 Å². The van der Waals surface area contributed by atoms with Crippen LogP contribution in [0.4, 0.5) is 5.69 Å². The average Bonchev–Trinajstić information content (AvgIpc) is 2.40. The Hall–Kier alpha value is -1.33. The molecule has 0 aromatic heterocycles. The van der Waals surface area contributed by atoms with Crippen LogP contribution in [0.2, 0.25) is 0 Å². The molecule has 0 spiro atoms. The second-order valence-electron chi connectivity index (χ2n) is 4.25. The molecule has 0 aliphatic heterocycles. The molecule has 104 valence electrons. The molecule has 20 heavy (non-hydrogen) atoms. The number of benzene rings is 2. The molecule has 2 aromatic carbocycles. The summed E-state index contributed by atoms with van der Waals surface area (Å²) in [6.45, 7) is 2.05. The third-order valence-corrected chi connectivity index (χ3v) is 3.74. The maximum Gasteiger partial charge on any atom is 0.141 e. The molecule has 0 amide bonds. The first-order valence-corrected chi connectivity index (χ1v) is 7.57. The Morgan fingerprint density at radius 3 is 2.50 bits per heavy atom. The van der Waals surface area contributed by atoms with Crippen LogP contribution in [0, 0.1) is 6.92 Å². The molecule has 3 nitrogen and oxygen atoms in total. The summed E-state index contributed by atoms with van der Waals surface area (Å²) in [7, 11) is 1.64. The number of nitrogens with one attached hydrogen (secondary N) is 1. The molecular weight excluding hydrogens is 384 g/mol. The van der Waals surface area contributed by atoms with Crippen LogP contribution in [0.3, 0.4) is 0 Å². The number of hydrogen-bond donors (Lipinski definition) is 1. The minimum absolute atomic E-state index is 0.752. The van der Waals surface area contributed by atoms with Gasteiger partial charge in [-0.05, 0) is 47.1 Å². The summed E-state index contributed by atoms with van der Waals surface area (Å²) < 4.78 is 7.20. The lowest BCUT2D eigenvalue weighted by atomic mass is 10.2. The van der Waals surface area contributed by atoms with Gasteiger partial charge in [-0.1, -0.05) is 33.6 Å². The molecular formula is C15H14Br2N2O. The van der Waals surface area contributed by atoms with Crippen LogP contribution < -0.4 is 10.2 Å². The van der Waals surface area contributed by atoms with Gasteiger partial charge in [0.05, 0.1) is 23.5 Å². The zero-order chi connectivity index (χ0) is 14.5. The molecule has 0 saturated carbocycles. The van der Waals surface area contributed by atoms with E-state index in [0.29, 0.717) is 0 Å². The van der Waals surface area contributed by atoms with Gasteiger partial charge in [0, 0.05) is 10.0 Å². The lowest BCUT2D eigenvalue weighted by Crippen LogP contribution is -1.95. The number of hydrazone groups is 1. The number of methoxy groups -OCH3 is 1. The van der Waals surface area contributed by atoms with Crippen molar-refractivity contribution < 1.29 is 4.74 Å². The third kappa shape index (κ3) is 3.84. The van der Waals surface area contributed by atoms with Crippen molar-refractivity contribution in [1.82, 2.24) is 0 Å². The molecule has 0 bridgehead atoms. The Morgan fingerprint density at radius 2 is 1.85 bits per heavy atom. The molecule has 0 saturated heterocycles. The van der Waals surface area contributed by atoms with Gasteiger partial charge < -0.3 is 4.74 Å². The number of rotatable bonds is 4. The van der Waals surface area contributed by atoms with Gasteiger partial charge in [0.15, 0.2) is 0 Å². The minimum Gasteiger partial charge on any atom is -0.495 e. The number of anilines is 1. The van der Waals surface area contributed by atoms with Gasteiger partial charge >= 0.3 is 0 Å². The smallest absolute Gasteiger partial charge is 0.141 e. The summed E-state index contributed by atoms with van der Waals surface area (Å²) in [6, 6.07) is 11.9. The van der Waals surface area contributed by atoms with Crippen molar-refractivity contribution in [2.24, 2.45) is 5.10 Å². The number of hydrogen-bond acceptors (Lipinski definition) is 3. The normalized spacial score (nSPS) is 10.8. The van der Waals surface area contributed by atoms with Crippen LogP contribution in [-0.4, -0.2) is 13.3 Å². The Bertz CT molecular complexity index is 625. The Balaban J connectivity index is 2.17. The first-order chi connectivity index (χ1) is 9.60. The topological polar surface area (TPSA) is 33.6 Å². The molecule has 1 N–H and O–H groups in total. The average molecular weight is 398 g/mol. The Labute approximate surface area is 135 Å². The SMILES string of the molecule is COc1c(Br)cc(Br)cc1/C=N/Nc1ccc(C)cc1. The van der Waals surface area contributed by atoms with Gasteiger partial charge in [0.1, 0.15) is 5.75 Å². The quantitative estimate of drug-likeness (QED) is 0.583.